The molecule has 0 aliphatic carbocycles. The Kier molecular flexibility index (Phi) is 6.78. The van der Waals surface area contributed by atoms with Gasteiger partial charge in [0.1, 0.15) is 0 Å². The first-order chi connectivity index (χ1) is 12.5. The van der Waals surface area contributed by atoms with Crippen molar-refractivity contribution < 1.29 is 13.2 Å². The van der Waals surface area contributed by atoms with Gasteiger partial charge in [0, 0.05) is 18.2 Å². The highest BCUT2D eigenvalue weighted by molar-refractivity contribution is 7.92. The van der Waals surface area contributed by atoms with Crippen LogP contribution in [0.5, 0.6) is 0 Å². The molecule has 1 amide bonds. The van der Waals surface area contributed by atoms with Gasteiger partial charge in [-0.1, -0.05) is 35.3 Å². The lowest BCUT2D eigenvalue weighted by Gasteiger charge is -2.27. The summed E-state index contributed by atoms with van der Waals surface area (Å²) in [6.07, 6.45) is 1.08. The van der Waals surface area contributed by atoms with Crippen LogP contribution < -0.4 is 4.72 Å². The van der Waals surface area contributed by atoms with Crippen molar-refractivity contribution in [1.82, 2.24) is 4.90 Å². The first kappa shape index (κ1) is 21.5. The Morgan fingerprint density at radius 3 is 2.33 bits per heavy atom. The lowest BCUT2D eigenvalue weighted by Crippen LogP contribution is -2.36. The zero-order chi connectivity index (χ0) is 20.4. The highest BCUT2D eigenvalue weighted by Crippen LogP contribution is 2.25. The van der Waals surface area contributed by atoms with E-state index in [1.54, 1.807) is 42.2 Å². The summed E-state index contributed by atoms with van der Waals surface area (Å²) >= 11 is 12.0. The SMILES string of the molecule is Cc1ccc(C(=O)N(Cc2ccc(Cl)c(Cl)c2)C(C)C)cc1NS(C)(=O)=O. The van der Waals surface area contributed by atoms with Gasteiger partial charge in [-0.3, -0.25) is 9.52 Å². The maximum Gasteiger partial charge on any atom is 0.254 e. The second-order valence-corrected chi connectivity index (χ2v) is 9.24. The van der Waals surface area contributed by atoms with E-state index in [4.69, 9.17) is 23.2 Å². The third-order valence-electron chi connectivity index (χ3n) is 4.00. The van der Waals surface area contributed by atoms with Crippen LogP contribution in [0.4, 0.5) is 5.69 Å². The third kappa shape index (κ3) is 5.86. The van der Waals surface area contributed by atoms with Crippen LogP contribution in [0.25, 0.3) is 0 Å². The molecule has 146 valence electrons. The standard InChI is InChI=1S/C19H22Cl2N2O3S/c1-12(2)23(11-14-6-8-16(20)17(21)9-14)19(24)15-7-5-13(3)18(10-15)22-27(4,25)26/h5-10,12,22H,11H2,1-4H3. The summed E-state index contributed by atoms with van der Waals surface area (Å²) in [6, 6.07) is 10.2. The largest absolute Gasteiger partial charge is 0.332 e. The molecular formula is C19H22Cl2N2O3S. The predicted octanol–water partition coefficient (Wildman–Crippen LogP) is 4.72. The average molecular weight is 429 g/mol. The molecule has 0 atom stereocenters. The van der Waals surface area contributed by atoms with E-state index in [0.29, 0.717) is 27.8 Å². The summed E-state index contributed by atoms with van der Waals surface area (Å²) in [5.41, 5.74) is 2.38. The molecule has 2 aromatic carbocycles. The van der Waals surface area contributed by atoms with Gasteiger partial charge in [0.2, 0.25) is 10.0 Å². The minimum absolute atomic E-state index is 0.0698. The quantitative estimate of drug-likeness (QED) is 0.723. The van der Waals surface area contributed by atoms with E-state index in [9.17, 15) is 13.2 Å². The molecule has 0 aliphatic rings. The number of hydrogen-bond donors (Lipinski definition) is 1. The Labute approximate surface area is 170 Å². The lowest BCUT2D eigenvalue weighted by atomic mass is 10.1. The first-order valence-electron chi connectivity index (χ1n) is 8.31. The Bertz CT molecular complexity index is 959. The highest BCUT2D eigenvalue weighted by atomic mass is 35.5. The number of halogens is 2. The lowest BCUT2D eigenvalue weighted by molar-refractivity contribution is 0.0690. The van der Waals surface area contributed by atoms with Gasteiger partial charge in [-0.05, 0) is 56.2 Å². The third-order valence-corrected chi connectivity index (χ3v) is 5.33. The molecular weight excluding hydrogens is 407 g/mol. The molecule has 0 saturated carbocycles. The molecule has 0 unspecified atom stereocenters. The second kappa shape index (κ2) is 8.50. The summed E-state index contributed by atoms with van der Waals surface area (Å²) in [7, 11) is -3.44. The summed E-state index contributed by atoms with van der Waals surface area (Å²) in [6.45, 7) is 5.96. The molecule has 27 heavy (non-hydrogen) atoms. The molecule has 5 nitrogen and oxygen atoms in total. The Morgan fingerprint density at radius 1 is 1.11 bits per heavy atom. The van der Waals surface area contributed by atoms with Gasteiger partial charge in [0.05, 0.1) is 22.0 Å². The summed E-state index contributed by atoms with van der Waals surface area (Å²) < 4.78 is 25.5. The van der Waals surface area contributed by atoms with Crippen LogP contribution in [0.15, 0.2) is 36.4 Å². The monoisotopic (exact) mass is 428 g/mol. The zero-order valence-electron chi connectivity index (χ0n) is 15.6. The van der Waals surface area contributed by atoms with Crippen molar-refractivity contribution in [3.63, 3.8) is 0 Å². The first-order valence-corrected chi connectivity index (χ1v) is 11.0. The Hall–Kier alpha value is -1.76. The fourth-order valence-electron chi connectivity index (χ4n) is 2.55. The van der Waals surface area contributed by atoms with E-state index in [1.807, 2.05) is 19.9 Å². The Balaban J connectivity index is 2.33. The van der Waals surface area contributed by atoms with E-state index in [-0.39, 0.29) is 11.9 Å². The molecule has 0 spiro atoms. The van der Waals surface area contributed by atoms with Crippen molar-refractivity contribution >= 4 is 44.8 Å². The number of anilines is 1. The molecule has 0 heterocycles. The highest BCUT2D eigenvalue weighted by Gasteiger charge is 2.20. The molecule has 2 aromatic rings. The number of carbonyl (C=O) groups is 1. The van der Waals surface area contributed by atoms with Gasteiger partial charge in [-0.2, -0.15) is 0 Å². The number of benzene rings is 2. The topological polar surface area (TPSA) is 66.5 Å². The van der Waals surface area contributed by atoms with Gasteiger partial charge < -0.3 is 4.90 Å². The predicted molar refractivity (Wildman–Crippen MR) is 111 cm³/mol. The zero-order valence-corrected chi connectivity index (χ0v) is 17.9. The number of rotatable bonds is 6. The number of nitrogens with zero attached hydrogens (tertiary/aromatic N) is 1. The Morgan fingerprint density at radius 2 is 1.78 bits per heavy atom. The van der Waals surface area contributed by atoms with Crippen LogP contribution in [0.3, 0.4) is 0 Å². The molecule has 0 aromatic heterocycles. The van der Waals surface area contributed by atoms with Crippen molar-refractivity contribution in [1.29, 1.82) is 0 Å². The maximum atomic E-state index is 13.1. The van der Waals surface area contributed by atoms with E-state index < -0.39 is 10.0 Å². The molecule has 0 bridgehead atoms. The van der Waals surface area contributed by atoms with Crippen molar-refractivity contribution in [3.05, 3.63) is 63.1 Å². The molecule has 0 radical (unpaired) electrons. The molecule has 0 fully saturated rings. The smallest absolute Gasteiger partial charge is 0.254 e. The number of hydrogen-bond acceptors (Lipinski definition) is 3. The van der Waals surface area contributed by atoms with Crippen molar-refractivity contribution in [2.45, 2.75) is 33.4 Å². The van der Waals surface area contributed by atoms with Crippen LogP contribution in [0, 0.1) is 6.92 Å². The van der Waals surface area contributed by atoms with Crippen molar-refractivity contribution in [2.24, 2.45) is 0 Å². The van der Waals surface area contributed by atoms with Gasteiger partial charge in [0.25, 0.3) is 5.91 Å². The summed E-state index contributed by atoms with van der Waals surface area (Å²) in [4.78, 5) is 14.8. The number of aryl methyl sites for hydroxylation is 1. The van der Waals surface area contributed by atoms with Crippen molar-refractivity contribution in [3.8, 4) is 0 Å². The van der Waals surface area contributed by atoms with E-state index in [2.05, 4.69) is 4.72 Å². The second-order valence-electron chi connectivity index (χ2n) is 6.68. The fraction of sp³-hybridized carbons (Fsp3) is 0.316. The van der Waals surface area contributed by atoms with Crippen molar-refractivity contribution in [2.75, 3.05) is 11.0 Å². The number of amides is 1. The van der Waals surface area contributed by atoms with Crippen LogP contribution in [-0.2, 0) is 16.6 Å². The van der Waals surface area contributed by atoms with Crippen LogP contribution in [-0.4, -0.2) is 31.5 Å². The van der Waals surface area contributed by atoms with Crippen LogP contribution in [0.2, 0.25) is 10.0 Å². The maximum absolute atomic E-state index is 13.1. The molecule has 1 N–H and O–H groups in total. The molecule has 0 saturated heterocycles. The minimum atomic E-state index is -3.44. The summed E-state index contributed by atoms with van der Waals surface area (Å²) in [5, 5.41) is 0.887. The van der Waals surface area contributed by atoms with E-state index >= 15 is 0 Å². The van der Waals surface area contributed by atoms with Gasteiger partial charge in [-0.15, -0.1) is 0 Å². The minimum Gasteiger partial charge on any atom is -0.332 e. The summed E-state index contributed by atoms with van der Waals surface area (Å²) in [5.74, 6) is -0.201. The number of sulfonamides is 1. The van der Waals surface area contributed by atoms with Gasteiger partial charge in [0.15, 0.2) is 0 Å². The van der Waals surface area contributed by atoms with Gasteiger partial charge >= 0.3 is 0 Å². The normalized spacial score (nSPS) is 11.5. The average Bonchev–Trinajstić information content (AvgIpc) is 2.55. The number of nitrogens with one attached hydrogen (secondary N) is 1. The van der Waals surface area contributed by atoms with Gasteiger partial charge in [-0.25, -0.2) is 8.42 Å². The number of carbonyl (C=O) groups excluding carboxylic acids is 1. The van der Waals surface area contributed by atoms with E-state index in [0.717, 1.165) is 17.4 Å². The van der Waals surface area contributed by atoms with Crippen LogP contribution >= 0.6 is 23.2 Å². The molecule has 0 aliphatic heterocycles. The molecule has 2 rings (SSSR count). The van der Waals surface area contributed by atoms with E-state index in [1.165, 1.54) is 0 Å². The van der Waals surface area contributed by atoms with Crippen LogP contribution in [0.1, 0.15) is 35.3 Å². The molecule has 8 heteroatoms. The fourth-order valence-corrected chi connectivity index (χ4v) is 3.49.